The molecule has 1 aromatic carbocycles. The molecule has 2 N–H and O–H groups in total. The monoisotopic (exact) mass is 292 g/mol. The molecular formula is C15H20N2O4. The van der Waals surface area contributed by atoms with E-state index in [4.69, 9.17) is 10.5 Å². The second-order valence-corrected chi connectivity index (χ2v) is 5.97. The lowest BCUT2D eigenvalue weighted by molar-refractivity contribution is -0.384. The predicted octanol–water partition coefficient (Wildman–Crippen LogP) is 3.16. The van der Waals surface area contributed by atoms with E-state index in [9.17, 15) is 14.9 Å². The van der Waals surface area contributed by atoms with E-state index in [0.29, 0.717) is 11.8 Å². The molecule has 2 atom stereocenters. The predicted molar refractivity (Wildman–Crippen MR) is 78.9 cm³/mol. The van der Waals surface area contributed by atoms with Gasteiger partial charge >= 0.3 is 5.97 Å². The molecule has 114 valence electrons. The minimum atomic E-state index is -0.581. The summed E-state index contributed by atoms with van der Waals surface area (Å²) in [6.07, 6.45) is 2.64. The first-order valence-corrected chi connectivity index (χ1v) is 7.11. The lowest BCUT2D eigenvalue weighted by atomic mass is 9.82. The van der Waals surface area contributed by atoms with Crippen molar-refractivity contribution in [1.29, 1.82) is 0 Å². The molecule has 6 nitrogen and oxygen atoms in total. The molecule has 0 aliphatic heterocycles. The number of rotatable bonds is 3. The van der Waals surface area contributed by atoms with Crippen LogP contribution in [0, 0.1) is 22.0 Å². The molecule has 0 saturated heterocycles. The Morgan fingerprint density at radius 2 is 1.90 bits per heavy atom. The van der Waals surface area contributed by atoms with E-state index in [0.717, 1.165) is 19.3 Å². The number of hydrogen-bond acceptors (Lipinski definition) is 5. The normalized spacial score (nSPS) is 25.3. The number of esters is 1. The summed E-state index contributed by atoms with van der Waals surface area (Å²) in [4.78, 5) is 22.4. The third kappa shape index (κ3) is 3.71. The van der Waals surface area contributed by atoms with Crippen molar-refractivity contribution in [2.45, 2.75) is 39.2 Å². The molecule has 1 aromatic rings. The van der Waals surface area contributed by atoms with Crippen LogP contribution in [0.5, 0.6) is 0 Å². The number of carbonyl (C=O) groups excluding carboxylic acids is 1. The zero-order valence-corrected chi connectivity index (χ0v) is 12.2. The fourth-order valence-corrected chi connectivity index (χ4v) is 3.02. The maximum atomic E-state index is 12.2. The molecular weight excluding hydrogens is 272 g/mol. The summed E-state index contributed by atoms with van der Waals surface area (Å²) in [5, 5.41) is 10.8. The molecule has 0 bridgehead atoms. The molecule has 1 aliphatic carbocycles. The van der Waals surface area contributed by atoms with Crippen molar-refractivity contribution in [3.63, 3.8) is 0 Å². The van der Waals surface area contributed by atoms with Crippen molar-refractivity contribution in [3.05, 3.63) is 33.9 Å². The number of hydrogen-bond donors (Lipinski definition) is 1. The molecule has 0 heterocycles. The van der Waals surface area contributed by atoms with Gasteiger partial charge in [-0.15, -0.1) is 0 Å². The minimum absolute atomic E-state index is 0.0649. The maximum Gasteiger partial charge on any atom is 0.340 e. The topological polar surface area (TPSA) is 95.5 Å². The second-order valence-electron chi connectivity index (χ2n) is 5.97. The second kappa shape index (κ2) is 6.11. The summed E-state index contributed by atoms with van der Waals surface area (Å²) in [7, 11) is 0. The lowest BCUT2D eigenvalue weighted by Crippen LogP contribution is -2.28. The van der Waals surface area contributed by atoms with Gasteiger partial charge in [-0.2, -0.15) is 0 Å². The Morgan fingerprint density at radius 3 is 2.48 bits per heavy atom. The maximum absolute atomic E-state index is 12.2. The van der Waals surface area contributed by atoms with Gasteiger partial charge < -0.3 is 10.5 Å². The average molecular weight is 292 g/mol. The molecule has 6 heteroatoms. The zero-order chi connectivity index (χ0) is 15.6. The Labute approximate surface area is 123 Å². The number of nitrogens with two attached hydrogens (primary N) is 1. The largest absolute Gasteiger partial charge is 0.459 e. The zero-order valence-electron chi connectivity index (χ0n) is 12.2. The van der Waals surface area contributed by atoms with Crippen molar-refractivity contribution in [1.82, 2.24) is 0 Å². The summed E-state index contributed by atoms with van der Waals surface area (Å²) < 4.78 is 5.49. The van der Waals surface area contributed by atoms with E-state index < -0.39 is 10.9 Å². The highest BCUT2D eigenvalue weighted by Gasteiger charge is 2.28. The van der Waals surface area contributed by atoms with E-state index in [2.05, 4.69) is 13.8 Å². The molecule has 21 heavy (non-hydrogen) atoms. The van der Waals surface area contributed by atoms with Crippen molar-refractivity contribution in [3.8, 4) is 0 Å². The van der Waals surface area contributed by atoms with E-state index in [1.807, 2.05) is 0 Å². The van der Waals surface area contributed by atoms with Gasteiger partial charge in [0, 0.05) is 17.8 Å². The molecule has 0 radical (unpaired) electrons. The highest BCUT2D eigenvalue weighted by atomic mass is 16.6. The van der Waals surface area contributed by atoms with Crippen molar-refractivity contribution in [2.24, 2.45) is 11.8 Å². The Hall–Kier alpha value is -2.11. The van der Waals surface area contributed by atoms with Gasteiger partial charge in [-0.3, -0.25) is 10.1 Å². The summed E-state index contributed by atoms with van der Waals surface area (Å²) >= 11 is 0. The number of anilines is 1. The molecule has 0 aromatic heterocycles. The number of nitro groups is 1. The average Bonchev–Trinajstić information content (AvgIpc) is 2.37. The molecule has 2 rings (SSSR count). The van der Waals surface area contributed by atoms with E-state index in [1.54, 1.807) is 0 Å². The van der Waals surface area contributed by atoms with Crippen LogP contribution in [0.2, 0.25) is 0 Å². The van der Waals surface area contributed by atoms with Gasteiger partial charge in [0.1, 0.15) is 6.10 Å². The standard InChI is InChI=1S/C15H20N2O4/c1-9-5-10(2)7-12(6-9)21-15(18)13-8-11(17(19)20)3-4-14(13)16/h3-4,8-10,12H,5-7,16H2,1-2H3. The van der Waals surface area contributed by atoms with Crippen molar-refractivity contribution in [2.75, 3.05) is 5.73 Å². The number of benzene rings is 1. The number of ether oxygens (including phenoxy) is 1. The fraction of sp³-hybridized carbons (Fsp3) is 0.533. The number of nitrogen functional groups attached to an aromatic ring is 1. The van der Waals surface area contributed by atoms with Crippen molar-refractivity contribution < 1.29 is 14.5 Å². The van der Waals surface area contributed by atoms with E-state index in [1.165, 1.54) is 18.2 Å². The first kappa shape index (κ1) is 15.3. The van der Waals surface area contributed by atoms with E-state index in [-0.39, 0.29) is 23.0 Å². The number of non-ortho nitro benzene ring substituents is 1. The lowest BCUT2D eigenvalue weighted by Gasteiger charge is -2.31. The summed E-state index contributed by atoms with van der Waals surface area (Å²) in [5.41, 5.74) is 5.82. The fourth-order valence-electron chi connectivity index (χ4n) is 3.02. The first-order valence-electron chi connectivity index (χ1n) is 7.11. The first-order chi connectivity index (χ1) is 9.86. The minimum Gasteiger partial charge on any atom is -0.459 e. The molecule has 2 unspecified atom stereocenters. The summed E-state index contributed by atoms with van der Waals surface area (Å²) in [6.45, 7) is 4.27. The van der Waals surface area contributed by atoms with Crippen LogP contribution >= 0.6 is 0 Å². The van der Waals surface area contributed by atoms with Crippen LogP contribution in [0.3, 0.4) is 0 Å². The van der Waals surface area contributed by atoms with Gasteiger partial charge in [-0.05, 0) is 37.2 Å². The Kier molecular flexibility index (Phi) is 4.45. The SMILES string of the molecule is CC1CC(C)CC(OC(=O)c2cc([N+](=O)[O-])ccc2N)C1. The molecule has 1 fully saturated rings. The smallest absolute Gasteiger partial charge is 0.340 e. The van der Waals surface area contributed by atoms with E-state index >= 15 is 0 Å². The molecule has 0 amide bonds. The van der Waals surface area contributed by atoms with Crippen LogP contribution in [-0.2, 0) is 4.74 Å². The van der Waals surface area contributed by atoms with Gasteiger partial charge in [-0.25, -0.2) is 4.79 Å². The third-order valence-corrected chi connectivity index (χ3v) is 3.88. The van der Waals surface area contributed by atoms with Crippen LogP contribution in [0.1, 0.15) is 43.5 Å². The number of nitro benzene ring substituents is 1. The van der Waals surface area contributed by atoms with Gasteiger partial charge in [-0.1, -0.05) is 13.8 Å². The van der Waals surface area contributed by atoms with Crippen LogP contribution in [0.4, 0.5) is 11.4 Å². The summed E-state index contributed by atoms with van der Waals surface area (Å²) in [6, 6.07) is 3.81. The van der Waals surface area contributed by atoms with Gasteiger partial charge in [0.2, 0.25) is 0 Å². The highest BCUT2D eigenvalue weighted by Crippen LogP contribution is 2.31. The Bertz CT molecular complexity index is 549. The van der Waals surface area contributed by atoms with Crippen LogP contribution in [0.25, 0.3) is 0 Å². The molecule has 0 spiro atoms. The number of carbonyl (C=O) groups is 1. The van der Waals surface area contributed by atoms with Crippen LogP contribution < -0.4 is 5.73 Å². The number of nitrogens with zero attached hydrogens (tertiary/aromatic N) is 1. The third-order valence-electron chi connectivity index (χ3n) is 3.88. The van der Waals surface area contributed by atoms with Gasteiger partial charge in [0.05, 0.1) is 10.5 Å². The van der Waals surface area contributed by atoms with Gasteiger partial charge in [0.25, 0.3) is 5.69 Å². The van der Waals surface area contributed by atoms with Gasteiger partial charge in [0.15, 0.2) is 0 Å². The molecule has 1 saturated carbocycles. The van der Waals surface area contributed by atoms with Crippen LogP contribution in [-0.4, -0.2) is 17.0 Å². The quantitative estimate of drug-likeness (QED) is 0.399. The molecule has 1 aliphatic rings. The highest BCUT2D eigenvalue weighted by molar-refractivity contribution is 5.95. The Morgan fingerprint density at radius 1 is 1.29 bits per heavy atom. The summed E-state index contributed by atoms with van der Waals surface area (Å²) in [5.74, 6) is 0.436. The van der Waals surface area contributed by atoms with Crippen LogP contribution in [0.15, 0.2) is 18.2 Å². The van der Waals surface area contributed by atoms with Crippen molar-refractivity contribution >= 4 is 17.3 Å². The Balaban J connectivity index is 2.13.